The van der Waals surface area contributed by atoms with Gasteiger partial charge >= 0.3 is 0 Å². The highest BCUT2D eigenvalue weighted by molar-refractivity contribution is 7.92. The molecule has 1 atom stereocenters. The number of halogens is 1. The SMILES string of the molecule is COc1ccc(Cl)cc1CN(C)C(=O)c1ccc2c(c1)C[C@H](C)N2S(C)(=O)=O. The number of methoxy groups -OCH3 is 1. The van der Waals surface area contributed by atoms with E-state index in [1.807, 2.05) is 6.92 Å². The van der Waals surface area contributed by atoms with Crippen LogP contribution >= 0.6 is 11.6 Å². The van der Waals surface area contributed by atoms with Crippen molar-refractivity contribution in [1.82, 2.24) is 4.90 Å². The minimum absolute atomic E-state index is 0.157. The lowest BCUT2D eigenvalue weighted by atomic mass is 10.1. The Labute approximate surface area is 170 Å². The molecule has 0 aliphatic carbocycles. The largest absolute Gasteiger partial charge is 0.496 e. The topological polar surface area (TPSA) is 66.9 Å². The van der Waals surface area contributed by atoms with Crippen LogP contribution in [0.2, 0.25) is 5.02 Å². The molecule has 0 saturated carbocycles. The highest BCUT2D eigenvalue weighted by Gasteiger charge is 2.33. The Morgan fingerprint density at radius 1 is 1.29 bits per heavy atom. The maximum absolute atomic E-state index is 12.9. The lowest BCUT2D eigenvalue weighted by Gasteiger charge is -2.22. The van der Waals surface area contributed by atoms with Crippen LogP contribution in [-0.4, -0.2) is 45.7 Å². The normalized spacial score (nSPS) is 16.0. The number of carbonyl (C=O) groups excluding carboxylic acids is 1. The number of amides is 1. The zero-order valence-corrected chi connectivity index (χ0v) is 17.8. The van der Waals surface area contributed by atoms with Gasteiger partial charge in [0.05, 0.1) is 19.1 Å². The Hall–Kier alpha value is -2.25. The molecule has 8 heteroatoms. The lowest BCUT2D eigenvalue weighted by Crippen LogP contribution is -2.34. The number of anilines is 1. The smallest absolute Gasteiger partial charge is 0.253 e. The molecule has 0 fully saturated rings. The summed E-state index contributed by atoms with van der Waals surface area (Å²) >= 11 is 6.07. The molecule has 0 bridgehead atoms. The van der Waals surface area contributed by atoms with Gasteiger partial charge in [-0.2, -0.15) is 0 Å². The minimum atomic E-state index is -3.36. The highest BCUT2D eigenvalue weighted by Crippen LogP contribution is 2.35. The molecule has 1 amide bonds. The molecule has 0 spiro atoms. The van der Waals surface area contributed by atoms with Crippen LogP contribution in [0, 0.1) is 0 Å². The molecule has 0 radical (unpaired) electrons. The minimum Gasteiger partial charge on any atom is -0.496 e. The number of benzene rings is 2. The number of carbonyl (C=O) groups is 1. The van der Waals surface area contributed by atoms with E-state index in [0.717, 1.165) is 11.1 Å². The molecule has 1 aliphatic heterocycles. The molecule has 1 heterocycles. The van der Waals surface area contributed by atoms with Crippen molar-refractivity contribution in [2.24, 2.45) is 0 Å². The van der Waals surface area contributed by atoms with Gasteiger partial charge < -0.3 is 9.64 Å². The Morgan fingerprint density at radius 2 is 2.00 bits per heavy atom. The fourth-order valence-electron chi connectivity index (χ4n) is 3.66. The maximum Gasteiger partial charge on any atom is 0.253 e. The molecule has 3 rings (SSSR count). The molecular weight excluding hydrogens is 400 g/mol. The van der Waals surface area contributed by atoms with Crippen LogP contribution in [0.25, 0.3) is 0 Å². The molecule has 0 saturated heterocycles. The van der Waals surface area contributed by atoms with E-state index in [0.29, 0.717) is 35.0 Å². The van der Waals surface area contributed by atoms with Gasteiger partial charge in [0, 0.05) is 35.8 Å². The highest BCUT2D eigenvalue weighted by atomic mass is 35.5. The van der Waals surface area contributed by atoms with E-state index in [9.17, 15) is 13.2 Å². The number of sulfonamides is 1. The Balaban J connectivity index is 1.84. The van der Waals surface area contributed by atoms with Crippen molar-refractivity contribution in [2.45, 2.75) is 25.9 Å². The fourth-order valence-corrected chi connectivity index (χ4v) is 5.12. The Kier molecular flexibility index (Phi) is 5.59. The van der Waals surface area contributed by atoms with Crippen LogP contribution in [0.3, 0.4) is 0 Å². The summed E-state index contributed by atoms with van der Waals surface area (Å²) in [6, 6.07) is 10.3. The third-order valence-corrected chi connectivity index (χ3v) is 6.34. The molecule has 0 N–H and O–H groups in total. The van der Waals surface area contributed by atoms with Gasteiger partial charge in [-0.15, -0.1) is 0 Å². The van der Waals surface area contributed by atoms with Crippen molar-refractivity contribution in [3.8, 4) is 5.75 Å². The number of ether oxygens (including phenoxy) is 1. The summed E-state index contributed by atoms with van der Waals surface area (Å²) in [7, 11) is -0.0726. The van der Waals surface area contributed by atoms with Crippen LogP contribution in [-0.2, 0) is 23.0 Å². The second kappa shape index (κ2) is 7.64. The fraction of sp³-hybridized carbons (Fsp3) is 0.350. The van der Waals surface area contributed by atoms with Gasteiger partial charge in [0.25, 0.3) is 5.91 Å². The van der Waals surface area contributed by atoms with Gasteiger partial charge in [-0.1, -0.05) is 11.6 Å². The van der Waals surface area contributed by atoms with Crippen LogP contribution in [0.5, 0.6) is 5.75 Å². The van der Waals surface area contributed by atoms with E-state index in [1.54, 1.807) is 55.5 Å². The third-order valence-electron chi connectivity index (χ3n) is 4.83. The number of hydrogen-bond acceptors (Lipinski definition) is 4. The van der Waals surface area contributed by atoms with E-state index >= 15 is 0 Å². The summed E-state index contributed by atoms with van der Waals surface area (Å²) in [5.41, 5.74) is 2.83. The van der Waals surface area contributed by atoms with Crippen LogP contribution in [0.4, 0.5) is 5.69 Å². The molecule has 1 aliphatic rings. The van der Waals surface area contributed by atoms with Crippen LogP contribution < -0.4 is 9.04 Å². The molecule has 2 aromatic carbocycles. The monoisotopic (exact) mass is 422 g/mol. The summed E-state index contributed by atoms with van der Waals surface area (Å²) in [5.74, 6) is 0.505. The summed E-state index contributed by atoms with van der Waals surface area (Å²) in [6.45, 7) is 2.20. The first-order valence-corrected chi connectivity index (χ1v) is 11.0. The third kappa shape index (κ3) is 3.95. The quantitative estimate of drug-likeness (QED) is 0.741. The second-order valence-electron chi connectivity index (χ2n) is 7.07. The molecule has 0 aromatic heterocycles. The summed E-state index contributed by atoms with van der Waals surface area (Å²) < 4.78 is 30.9. The molecule has 2 aromatic rings. The van der Waals surface area contributed by atoms with Gasteiger partial charge in [-0.05, 0) is 55.3 Å². The van der Waals surface area contributed by atoms with E-state index in [1.165, 1.54) is 10.6 Å². The Morgan fingerprint density at radius 3 is 2.64 bits per heavy atom. The molecule has 150 valence electrons. The number of fused-ring (bicyclic) bond motifs is 1. The van der Waals surface area contributed by atoms with Crippen molar-refractivity contribution in [3.05, 3.63) is 58.1 Å². The van der Waals surface area contributed by atoms with Gasteiger partial charge in [0.1, 0.15) is 5.75 Å². The first-order valence-electron chi connectivity index (χ1n) is 8.82. The molecular formula is C20H23ClN2O4S. The number of hydrogen-bond donors (Lipinski definition) is 0. The maximum atomic E-state index is 12.9. The van der Waals surface area contributed by atoms with Crippen molar-refractivity contribution in [1.29, 1.82) is 0 Å². The second-order valence-corrected chi connectivity index (χ2v) is 9.37. The van der Waals surface area contributed by atoms with Crippen molar-refractivity contribution < 1.29 is 17.9 Å². The van der Waals surface area contributed by atoms with Gasteiger partial charge in [0.2, 0.25) is 10.0 Å². The summed E-state index contributed by atoms with van der Waals surface area (Å²) in [4.78, 5) is 14.5. The zero-order chi connectivity index (χ0) is 20.6. The van der Waals surface area contributed by atoms with Gasteiger partial charge in [0.15, 0.2) is 0 Å². The average Bonchev–Trinajstić information content (AvgIpc) is 2.96. The first-order chi connectivity index (χ1) is 13.1. The summed E-state index contributed by atoms with van der Waals surface area (Å²) in [5, 5.41) is 0.573. The lowest BCUT2D eigenvalue weighted by molar-refractivity contribution is 0.0784. The Bertz CT molecular complexity index is 1020. The van der Waals surface area contributed by atoms with E-state index in [4.69, 9.17) is 16.3 Å². The van der Waals surface area contributed by atoms with Gasteiger partial charge in [-0.3, -0.25) is 9.10 Å². The van der Waals surface area contributed by atoms with Crippen molar-refractivity contribution in [3.63, 3.8) is 0 Å². The average molecular weight is 423 g/mol. The number of rotatable bonds is 5. The van der Waals surface area contributed by atoms with Crippen molar-refractivity contribution in [2.75, 3.05) is 24.7 Å². The standard InChI is InChI=1S/C20H23ClN2O4S/c1-13-9-15-10-14(5-7-18(15)23(13)28(4,25)26)20(24)22(2)12-16-11-17(21)6-8-19(16)27-3/h5-8,10-11,13H,9,12H2,1-4H3/t13-/m0/s1. The zero-order valence-electron chi connectivity index (χ0n) is 16.3. The van der Waals surface area contributed by atoms with E-state index in [-0.39, 0.29) is 11.9 Å². The predicted molar refractivity (Wildman–Crippen MR) is 111 cm³/mol. The van der Waals surface area contributed by atoms with E-state index < -0.39 is 10.0 Å². The predicted octanol–water partition coefficient (Wildman–Crippen LogP) is 3.33. The molecule has 0 unspecified atom stereocenters. The number of nitrogens with zero attached hydrogens (tertiary/aromatic N) is 2. The molecule has 28 heavy (non-hydrogen) atoms. The van der Waals surface area contributed by atoms with Crippen molar-refractivity contribution >= 4 is 33.2 Å². The van der Waals surface area contributed by atoms with Gasteiger partial charge in [-0.25, -0.2) is 8.42 Å². The summed E-state index contributed by atoms with van der Waals surface area (Å²) in [6.07, 6.45) is 1.78. The molecule has 6 nitrogen and oxygen atoms in total. The van der Waals surface area contributed by atoms with E-state index in [2.05, 4.69) is 0 Å². The van der Waals surface area contributed by atoms with Crippen LogP contribution in [0.1, 0.15) is 28.4 Å². The van der Waals surface area contributed by atoms with Crippen LogP contribution in [0.15, 0.2) is 36.4 Å². The first kappa shape index (κ1) is 20.5.